The number of ether oxygens (including phenoxy) is 2. The van der Waals surface area contributed by atoms with Crippen LogP contribution in [0.15, 0.2) is 41.2 Å². The van der Waals surface area contributed by atoms with Crippen LogP contribution in [0.1, 0.15) is 26.7 Å². The number of aromatic hydroxyl groups is 1. The Morgan fingerprint density at radius 3 is 2.71 bits per heavy atom. The molecule has 0 aliphatic carbocycles. The number of phenols is 1. The van der Waals surface area contributed by atoms with Crippen molar-refractivity contribution in [1.82, 2.24) is 25.4 Å². The van der Waals surface area contributed by atoms with Crippen molar-refractivity contribution in [3.63, 3.8) is 0 Å². The summed E-state index contributed by atoms with van der Waals surface area (Å²) in [6, 6.07) is 9.80. The Bertz CT molecular complexity index is 1400. The Morgan fingerprint density at radius 2 is 1.97 bits per heavy atom. The number of carboxylic acids is 1. The van der Waals surface area contributed by atoms with Gasteiger partial charge in [-0.1, -0.05) is 24.6 Å². The molecule has 4 N–H and O–H groups in total. The summed E-state index contributed by atoms with van der Waals surface area (Å²) in [5.74, 6) is -0.169. The molecule has 4 aromatic rings. The number of carbonyl (C=O) groups is 1. The lowest BCUT2D eigenvalue weighted by Crippen LogP contribution is -2.26. The van der Waals surface area contributed by atoms with E-state index in [2.05, 4.69) is 25.4 Å². The zero-order chi connectivity index (χ0) is 24.2. The second kappa shape index (κ2) is 9.61. The smallest absolute Gasteiger partial charge is 0.344 e. The Kier molecular flexibility index (Phi) is 6.44. The fourth-order valence-corrected chi connectivity index (χ4v) is 3.54. The molecule has 176 valence electrons. The molecular formula is C23H23N5O6. The highest BCUT2D eigenvalue weighted by Gasteiger charge is 2.19. The third-order valence-corrected chi connectivity index (χ3v) is 5.07. The highest BCUT2D eigenvalue weighted by atomic mass is 16.5. The number of rotatable bonds is 9. The normalized spacial score (nSPS) is 11.9. The first-order chi connectivity index (χ1) is 16.4. The lowest BCUT2D eigenvalue weighted by Gasteiger charge is -2.16. The molecule has 0 spiro atoms. The second-order valence-corrected chi connectivity index (χ2v) is 7.52. The molecular weight excluding hydrogens is 442 g/mol. The van der Waals surface area contributed by atoms with E-state index in [1.54, 1.807) is 24.3 Å². The third kappa shape index (κ3) is 4.68. The summed E-state index contributed by atoms with van der Waals surface area (Å²) < 4.78 is 11.4. The van der Waals surface area contributed by atoms with Crippen molar-refractivity contribution in [1.29, 1.82) is 0 Å². The molecule has 11 nitrogen and oxygen atoms in total. The lowest BCUT2D eigenvalue weighted by molar-refractivity contribution is -0.145. The van der Waals surface area contributed by atoms with Crippen LogP contribution in [0.25, 0.3) is 33.7 Å². The predicted octanol–water partition coefficient (Wildman–Crippen LogP) is 3.11. The summed E-state index contributed by atoms with van der Waals surface area (Å²) in [6.45, 7) is 4.06. The SMILES string of the molecule is CCC[C@H](Oc1cc(O)cc(-c2ccc(-c3nc4[nH]nnc4c(=O)[nH]3)c(OCC)c2)c1)C(=O)O. The molecule has 0 fully saturated rings. The molecule has 1 atom stereocenters. The number of nitrogens with one attached hydrogen (secondary N) is 2. The number of aliphatic carboxylic acids is 1. The monoisotopic (exact) mass is 465 g/mol. The average Bonchev–Trinajstić information content (AvgIpc) is 3.28. The number of carboxylic acid groups (broad SMARTS) is 1. The van der Waals surface area contributed by atoms with E-state index >= 15 is 0 Å². The summed E-state index contributed by atoms with van der Waals surface area (Å²) in [4.78, 5) is 30.8. The van der Waals surface area contributed by atoms with Crippen molar-refractivity contribution in [2.75, 3.05) is 6.61 Å². The first-order valence-electron chi connectivity index (χ1n) is 10.7. The second-order valence-electron chi connectivity index (χ2n) is 7.52. The minimum atomic E-state index is -1.07. The fourth-order valence-electron chi connectivity index (χ4n) is 3.54. The summed E-state index contributed by atoms with van der Waals surface area (Å²) in [7, 11) is 0. The molecule has 0 saturated carbocycles. The number of hydrogen-bond acceptors (Lipinski definition) is 8. The molecule has 0 radical (unpaired) electrons. The predicted molar refractivity (Wildman–Crippen MR) is 123 cm³/mol. The quantitative estimate of drug-likeness (QED) is 0.291. The van der Waals surface area contributed by atoms with Crippen molar-refractivity contribution >= 4 is 17.1 Å². The van der Waals surface area contributed by atoms with Gasteiger partial charge in [-0.2, -0.15) is 0 Å². The van der Waals surface area contributed by atoms with Crippen LogP contribution in [0.4, 0.5) is 0 Å². The molecule has 0 aliphatic heterocycles. The number of hydrogen-bond donors (Lipinski definition) is 4. The van der Waals surface area contributed by atoms with Gasteiger partial charge in [-0.15, -0.1) is 5.10 Å². The molecule has 34 heavy (non-hydrogen) atoms. The van der Waals surface area contributed by atoms with Crippen LogP contribution in [-0.4, -0.2) is 54.3 Å². The van der Waals surface area contributed by atoms with Crippen LogP contribution in [0, 0.1) is 0 Å². The van der Waals surface area contributed by atoms with E-state index in [1.807, 2.05) is 13.8 Å². The Labute approximate surface area is 193 Å². The lowest BCUT2D eigenvalue weighted by atomic mass is 10.0. The molecule has 2 heterocycles. The van der Waals surface area contributed by atoms with E-state index in [0.29, 0.717) is 41.9 Å². The number of aromatic nitrogens is 5. The number of H-pyrrole nitrogens is 2. The first-order valence-corrected chi connectivity index (χ1v) is 10.7. The van der Waals surface area contributed by atoms with Crippen molar-refractivity contribution < 1.29 is 24.5 Å². The average molecular weight is 465 g/mol. The van der Waals surface area contributed by atoms with E-state index < -0.39 is 17.6 Å². The molecule has 11 heteroatoms. The van der Waals surface area contributed by atoms with Gasteiger partial charge in [0.2, 0.25) is 0 Å². The van der Waals surface area contributed by atoms with E-state index in [9.17, 15) is 19.8 Å². The van der Waals surface area contributed by atoms with Crippen molar-refractivity contribution in [2.24, 2.45) is 0 Å². The number of phenolic OH excluding ortho intramolecular Hbond substituents is 1. The molecule has 0 aliphatic rings. The Morgan fingerprint density at radius 1 is 1.15 bits per heavy atom. The summed E-state index contributed by atoms with van der Waals surface area (Å²) in [5.41, 5.74) is 1.74. The van der Waals surface area contributed by atoms with Crippen LogP contribution in [0.3, 0.4) is 0 Å². The number of benzene rings is 2. The van der Waals surface area contributed by atoms with Crippen molar-refractivity contribution in [2.45, 2.75) is 32.8 Å². The van der Waals surface area contributed by atoms with Gasteiger partial charge in [0.25, 0.3) is 5.56 Å². The maximum atomic E-state index is 12.3. The molecule has 2 aromatic heterocycles. The standard InChI is InChI=1S/C23H23N5O6/c1-3-5-17(23(31)32)34-15-9-13(8-14(29)11-15)12-6-7-16(18(10-12)33-4-2)20-24-21-19(22(30)25-20)26-28-27-21/h6-11,17,29H,3-5H2,1-2H3,(H,31,32)(H2,24,25,26,27,28,30)/t17-/m0/s1. The van der Waals surface area contributed by atoms with Gasteiger partial charge in [0.15, 0.2) is 17.3 Å². The van der Waals surface area contributed by atoms with E-state index in [-0.39, 0.29) is 28.5 Å². The van der Waals surface area contributed by atoms with Gasteiger partial charge in [-0.05, 0) is 48.7 Å². The minimum Gasteiger partial charge on any atom is -0.508 e. The third-order valence-electron chi connectivity index (χ3n) is 5.07. The molecule has 0 bridgehead atoms. The first kappa shape index (κ1) is 22.8. The van der Waals surface area contributed by atoms with Gasteiger partial charge < -0.3 is 24.7 Å². The Balaban J connectivity index is 1.74. The van der Waals surface area contributed by atoms with E-state index in [4.69, 9.17) is 9.47 Å². The van der Waals surface area contributed by atoms with Gasteiger partial charge >= 0.3 is 5.97 Å². The minimum absolute atomic E-state index is 0.0710. The zero-order valence-electron chi connectivity index (χ0n) is 18.5. The molecule has 2 aromatic carbocycles. The van der Waals surface area contributed by atoms with Gasteiger partial charge in [0.05, 0.1) is 12.2 Å². The fraction of sp³-hybridized carbons (Fsp3) is 0.261. The van der Waals surface area contributed by atoms with Gasteiger partial charge in [0, 0.05) is 6.07 Å². The highest BCUT2D eigenvalue weighted by molar-refractivity contribution is 5.77. The van der Waals surface area contributed by atoms with E-state index in [0.717, 1.165) is 0 Å². The number of fused-ring (bicyclic) bond motifs is 1. The molecule has 0 amide bonds. The highest BCUT2D eigenvalue weighted by Crippen LogP contribution is 2.36. The Hall–Kier alpha value is -4.41. The van der Waals surface area contributed by atoms with Crippen LogP contribution in [-0.2, 0) is 4.79 Å². The van der Waals surface area contributed by atoms with Crippen LogP contribution in [0.5, 0.6) is 17.2 Å². The van der Waals surface area contributed by atoms with Crippen LogP contribution in [0.2, 0.25) is 0 Å². The summed E-state index contributed by atoms with van der Waals surface area (Å²) in [6.07, 6.45) is -0.0423. The number of aromatic amines is 2. The van der Waals surface area contributed by atoms with Crippen LogP contribution < -0.4 is 15.0 Å². The maximum Gasteiger partial charge on any atom is 0.344 e. The molecule has 4 rings (SSSR count). The molecule has 0 unspecified atom stereocenters. The van der Waals surface area contributed by atoms with E-state index in [1.165, 1.54) is 12.1 Å². The van der Waals surface area contributed by atoms with Crippen LogP contribution >= 0.6 is 0 Å². The molecule has 0 saturated heterocycles. The van der Waals surface area contributed by atoms with Gasteiger partial charge in [-0.3, -0.25) is 4.79 Å². The van der Waals surface area contributed by atoms with Gasteiger partial charge in [-0.25, -0.2) is 14.9 Å². The topological polar surface area (TPSA) is 163 Å². The summed E-state index contributed by atoms with van der Waals surface area (Å²) >= 11 is 0. The maximum absolute atomic E-state index is 12.3. The summed E-state index contributed by atoms with van der Waals surface area (Å²) in [5, 5.41) is 29.5. The zero-order valence-corrected chi connectivity index (χ0v) is 18.5. The number of nitrogens with zero attached hydrogens (tertiary/aromatic N) is 3. The van der Waals surface area contributed by atoms with Gasteiger partial charge in [0.1, 0.15) is 23.1 Å². The van der Waals surface area contributed by atoms with Crippen molar-refractivity contribution in [3.05, 3.63) is 46.8 Å². The largest absolute Gasteiger partial charge is 0.508 e. The van der Waals surface area contributed by atoms with Crippen molar-refractivity contribution in [3.8, 4) is 39.8 Å².